The van der Waals surface area contributed by atoms with Crippen molar-refractivity contribution < 1.29 is 15.2 Å². The fourth-order valence-electron chi connectivity index (χ4n) is 2.67. The van der Waals surface area contributed by atoms with Crippen LogP contribution in [0.3, 0.4) is 0 Å². The fourth-order valence-corrected chi connectivity index (χ4v) is 2.67. The summed E-state index contributed by atoms with van der Waals surface area (Å²) in [5, 5.41) is 13.2. The van der Waals surface area contributed by atoms with Gasteiger partial charge in [0.1, 0.15) is 11.5 Å². The van der Waals surface area contributed by atoms with Gasteiger partial charge in [0.15, 0.2) is 0 Å². The summed E-state index contributed by atoms with van der Waals surface area (Å²) in [5.41, 5.74) is 0.633. The number of carboxylic acids is 1. The van der Waals surface area contributed by atoms with Crippen LogP contribution in [0, 0.1) is 0 Å². The maximum absolute atomic E-state index is 11.2. The van der Waals surface area contributed by atoms with Crippen molar-refractivity contribution in [2.45, 2.75) is 37.6 Å². The molecule has 0 unspecified atom stereocenters. The molecule has 0 aromatic heterocycles. The Morgan fingerprint density at radius 1 is 1.35 bits per heavy atom. The molecular formula is C14H19NO2. The first kappa shape index (κ1) is 12.1. The third-order valence-corrected chi connectivity index (χ3v) is 3.70. The van der Waals surface area contributed by atoms with Crippen molar-refractivity contribution >= 4 is 5.97 Å². The maximum Gasteiger partial charge on any atom is 0.136 e. The summed E-state index contributed by atoms with van der Waals surface area (Å²) in [7, 11) is 0. The van der Waals surface area contributed by atoms with Crippen LogP contribution in [0.15, 0.2) is 30.3 Å². The van der Waals surface area contributed by atoms with Crippen molar-refractivity contribution in [2.75, 3.05) is 6.54 Å². The molecule has 1 aliphatic rings. The van der Waals surface area contributed by atoms with Gasteiger partial charge in [0.25, 0.3) is 0 Å². The van der Waals surface area contributed by atoms with Crippen molar-refractivity contribution in [3.05, 3.63) is 35.9 Å². The lowest BCUT2D eigenvalue weighted by Gasteiger charge is -2.26. The summed E-state index contributed by atoms with van der Waals surface area (Å²) in [4.78, 5) is 11.2. The number of rotatable bonds is 5. The Labute approximate surface area is 102 Å². The third kappa shape index (κ3) is 2.86. The number of carbonyl (C=O) groups excluding carboxylic acids is 1. The fraction of sp³-hybridized carbons (Fsp3) is 0.500. The lowest BCUT2D eigenvalue weighted by Crippen LogP contribution is -2.97. The van der Waals surface area contributed by atoms with Crippen LogP contribution in [-0.2, 0) is 11.2 Å². The van der Waals surface area contributed by atoms with Crippen LogP contribution in [0.4, 0.5) is 0 Å². The minimum absolute atomic E-state index is 0.644. The number of hydrogen-bond donors (Lipinski definition) is 1. The van der Waals surface area contributed by atoms with Crippen LogP contribution < -0.4 is 10.4 Å². The summed E-state index contributed by atoms with van der Waals surface area (Å²) in [5.74, 6) is -0.886. The zero-order valence-electron chi connectivity index (χ0n) is 10.0. The smallest absolute Gasteiger partial charge is 0.136 e. The molecule has 0 amide bonds. The second-order valence-electron chi connectivity index (χ2n) is 4.88. The first-order chi connectivity index (χ1) is 8.23. The number of aliphatic carboxylic acids is 1. The van der Waals surface area contributed by atoms with Gasteiger partial charge in [-0.2, -0.15) is 0 Å². The lowest BCUT2D eigenvalue weighted by atomic mass is 9.90. The van der Waals surface area contributed by atoms with E-state index in [1.54, 1.807) is 0 Å². The average Bonchev–Trinajstić information content (AvgIpc) is 2.80. The topological polar surface area (TPSA) is 56.7 Å². The van der Waals surface area contributed by atoms with Gasteiger partial charge in [0, 0.05) is 19.3 Å². The number of aryl methyl sites for hydroxylation is 1. The van der Waals surface area contributed by atoms with E-state index < -0.39 is 11.5 Å². The molecule has 3 nitrogen and oxygen atoms in total. The Kier molecular flexibility index (Phi) is 3.79. The van der Waals surface area contributed by atoms with E-state index in [2.05, 4.69) is 12.1 Å². The lowest BCUT2D eigenvalue weighted by molar-refractivity contribution is -0.701. The number of quaternary nitrogens is 1. The first-order valence-corrected chi connectivity index (χ1v) is 6.33. The summed E-state index contributed by atoms with van der Waals surface area (Å²) in [6, 6.07) is 10.2. The molecule has 0 aliphatic carbocycles. The molecule has 1 heterocycles. The molecule has 1 saturated heterocycles. The quantitative estimate of drug-likeness (QED) is 0.769. The number of carboxylic acid groups (broad SMARTS) is 1. The summed E-state index contributed by atoms with van der Waals surface area (Å²) < 4.78 is 0. The van der Waals surface area contributed by atoms with Crippen molar-refractivity contribution in [1.29, 1.82) is 0 Å². The van der Waals surface area contributed by atoms with Crippen LogP contribution in [0.1, 0.15) is 31.2 Å². The zero-order valence-corrected chi connectivity index (χ0v) is 10.0. The highest BCUT2D eigenvalue weighted by Gasteiger charge is 2.38. The molecule has 1 aromatic carbocycles. The second-order valence-corrected chi connectivity index (χ2v) is 4.88. The van der Waals surface area contributed by atoms with E-state index in [0.29, 0.717) is 6.42 Å². The predicted molar refractivity (Wildman–Crippen MR) is 63.1 cm³/mol. The molecule has 92 valence electrons. The SMILES string of the molecule is O=C([O-])[C@]1(CCCc2ccccc2)CCC[NH2+]1. The minimum Gasteiger partial charge on any atom is -0.544 e. The zero-order chi connectivity index (χ0) is 12.1. The summed E-state index contributed by atoms with van der Waals surface area (Å²) >= 11 is 0. The van der Waals surface area contributed by atoms with Gasteiger partial charge in [0.05, 0.1) is 6.54 Å². The highest BCUT2D eigenvalue weighted by Crippen LogP contribution is 2.19. The molecule has 0 bridgehead atoms. The third-order valence-electron chi connectivity index (χ3n) is 3.70. The normalized spacial score (nSPS) is 23.8. The van der Waals surface area contributed by atoms with E-state index in [4.69, 9.17) is 0 Å². The first-order valence-electron chi connectivity index (χ1n) is 6.33. The maximum atomic E-state index is 11.2. The van der Waals surface area contributed by atoms with Gasteiger partial charge < -0.3 is 15.2 Å². The molecule has 17 heavy (non-hydrogen) atoms. The van der Waals surface area contributed by atoms with Gasteiger partial charge >= 0.3 is 0 Å². The van der Waals surface area contributed by atoms with E-state index in [1.165, 1.54) is 5.56 Å². The average molecular weight is 233 g/mol. The standard InChI is InChI=1S/C14H19NO2/c16-13(17)14(10-5-11-15-14)9-4-8-12-6-2-1-3-7-12/h1-3,6-7,15H,4-5,8-11H2,(H,16,17)/t14-/m0/s1. The van der Waals surface area contributed by atoms with Crippen molar-refractivity contribution in [3.63, 3.8) is 0 Å². The molecular weight excluding hydrogens is 214 g/mol. The highest BCUT2D eigenvalue weighted by molar-refractivity contribution is 5.74. The number of hydrogen-bond acceptors (Lipinski definition) is 2. The molecule has 3 heteroatoms. The van der Waals surface area contributed by atoms with E-state index in [9.17, 15) is 9.90 Å². The Morgan fingerprint density at radius 3 is 2.71 bits per heavy atom. The second kappa shape index (κ2) is 5.32. The Bertz CT molecular complexity index is 369. The van der Waals surface area contributed by atoms with E-state index in [0.717, 1.165) is 32.2 Å². The van der Waals surface area contributed by atoms with E-state index in [1.807, 2.05) is 23.5 Å². The van der Waals surface area contributed by atoms with Gasteiger partial charge in [-0.1, -0.05) is 30.3 Å². The van der Waals surface area contributed by atoms with Gasteiger partial charge in [-0.25, -0.2) is 0 Å². The van der Waals surface area contributed by atoms with Crippen LogP contribution in [0.2, 0.25) is 0 Å². The molecule has 1 aliphatic heterocycles. The predicted octanol–water partition coefficient (Wildman–Crippen LogP) is -0.145. The Morgan fingerprint density at radius 2 is 2.12 bits per heavy atom. The van der Waals surface area contributed by atoms with Gasteiger partial charge in [-0.15, -0.1) is 0 Å². The Balaban J connectivity index is 1.87. The van der Waals surface area contributed by atoms with Crippen LogP contribution in [0.5, 0.6) is 0 Å². The van der Waals surface area contributed by atoms with Gasteiger partial charge in [-0.3, -0.25) is 0 Å². The highest BCUT2D eigenvalue weighted by atomic mass is 16.4. The number of nitrogens with two attached hydrogens (primary N) is 1. The summed E-state index contributed by atoms with van der Waals surface area (Å²) in [6.07, 6.45) is 4.31. The summed E-state index contributed by atoms with van der Waals surface area (Å²) in [6.45, 7) is 0.916. The van der Waals surface area contributed by atoms with Crippen molar-refractivity contribution in [2.24, 2.45) is 0 Å². The van der Waals surface area contributed by atoms with Gasteiger partial charge in [-0.05, 0) is 18.4 Å². The van der Waals surface area contributed by atoms with Crippen LogP contribution in [0.25, 0.3) is 0 Å². The Hall–Kier alpha value is -1.35. The monoisotopic (exact) mass is 233 g/mol. The van der Waals surface area contributed by atoms with Crippen LogP contribution >= 0.6 is 0 Å². The minimum atomic E-state index is -0.886. The van der Waals surface area contributed by atoms with Crippen molar-refractivity contribution in [1.82, 2.24) is 0 Å². The van der Waals surface area contributed by atoms with Crippen molar-refractivity contribution in [3.8, 4) is 0 Å². The molecule has 1 fully saturated rings. The number of benzene rings is 1. The van der Waals surface area contributed by atoms with Gasteiger partial charge in [0.2, 0.25) is 0 Å². The molecule has 2 N–H and O–H groups in total. The van der Waals surface area contributed by atoms with E-state index in [-0.39, 0.29) is 0 Å². The van der Waals surface area contributed by atoms with E-state index >= 15 is 0 Å². The molecule has 0 radical (unpaired) electrons. The molecule has 0 saturated carbocycles. The van der Waals surface area contributed by atoms with Crippen LogP contribution in [-0.4, -0.2) is 18.1 Å². The largest absolute Gasteiger partial charge is 0.544 e. The molecule has 1 aromatic rings. The molecule has 2 rings (SSSR count). The molecule has 0 spiro atoms. The number of carbonyl (C=O) groups is 1. The molecule has 1 atom stereocenters.